The first-order valence-electron chi connectivity index (χ1n) is 10.6. The lowest BCUT2D eigenvalue weighted by atomic mass is 10.2. The number of carbonyl (C=O) groups is 2. The van der Waals surface area contributed by atoms with Crippen molar-refractivity contribution in [3.63, 3.8) is 0 Å². The zero-order chi connectivity index (χ0) is 22.6. The second-order valence-corrected chi connectivity index (χ2v) is 7.09. The van der Waals surface area contributed by atoms with Crippen LogP contribution in [0.3, 0.4) is 0 Å². The number of carbonyl (C=O) groups excluding carboxylic acids is 2. The Morgan fingerprint density at radius 2 is 1.56 bits per heavy atom. The maximum atomic E-state index is 12.0. The normalized spacial score (nSPS) is 10.4. The van der Waals surface area contributed by atoms with E-state index in [1.807, 2.05) is 42.5 Å². The van der Waals surface area contributed by atoms with Crippen molar-refractivity contribution in [1.29, 1.82) is 0 Å². The predicted octanol–water partition coefficient (Wildman–Crippen LogP) is 2.45. The lowest BCUT2D eigenvalue weighted by Crippen LogP contribution is -2.29. The second-order valence-electron chi connectivity index (χ2n) is 7.09. The Morgan fingerprint density at radius 3 is 2.19 bits per heavy atom. The van der Waals surface area contributed by atoms with E-state index in [-0.39, 0.29) is 11.8 Å². The van der Waals surface area contributed by atoms with Crippen LogP contribution in [0.2, 0.25) is 0 Å². The molecule has 0 aliphatic carbocycles. The van der Waals surface area contributed by atoms with Crippen molar-refractivity contribution in [2.75, 3.05) is 36.8 Å². The van der Waals surface area contributed by atoms with Crippen LogP contribution in [0.1, 0.15) is 19.1 Å². The van der Waals surface area contributed by atoms with E-state index in [1.54, 1.807) is 12.3 Å². The molecule has 0 bridgehead atoms. The molecule has 0 unspecified atom stereocenters. The van der Waals surface area contributed by atoms with Crippen molar-refractivity contribution in [3.05, 3.63) is 60.6 Å². The molecule has 0 saturated carbocycles. The summed E-state index contributed by atoms with van der Waals surface area (Å²) in [6.07, 6.45) is 2.55. The maximum absolute atomic E-state index is 12.0. The molecule has 0 radical (unpaired) electrons. The molecular formula is C23H28N6O3. The predicted molar refractivity (Wildman–Crippen MR) is 123 cm³/mol. The van der Waals surface area contributed by atoms with E-state index in [9.17, 15) is 9.59 Å². The molecule has 9 nitrogen and oxygen atoms in total. The Balaban J connectivity index is 1.53. The Kier molecular flexibility index (Phi) is 8.61. The summed E-state index contributed by atoms with van der Waals surface area (Å²) < 4.78 is 5.24. The van der Waals surface area contributed by atoms with Crippen LogP contribution < -0.4 is 21.3 Å². The van der Waals surface area contributed by atoms with Gasteiger partial charge in [-0.3, -0.25) is 9.59 Å². The molecule has 3 rings (SSSR count). The maximum Gasteiger partial charge on any atom is 0.220 e. The fourth-order valence-electron chi connectivity index (χ4n) is 2.95. The highest BCUT2D eigenvalue weighted by molar-refractivity contribution is 5.76. The van der Waals surface area contributed by atoms with Gasteiger partial charge in [0.1, 0.15) is 17.4 Å². The SMILES string of the molecule is CC(=O)NCCNc1cc(NCCNC(=O)CCc2ccco2)nc(-c2ccccc2)n1. The third kappa shape index (κ3) is 7.75. The summed E-state index contributed by atoms with van der Waals surface area (Å²) >= 11 is 0. The van der Waals surface area contributed by atoms with Gasteiger partial charge in [-0.1, -0.05) is 30.3 Å². The number of nitrogens with zero attached hydrogens (tertiary/aromatic N) is 2. The molecule has 2 amide bonds. The monoisotopic (exact) mass is 436 g/mol. The highest BCUT2D eigenvalue weighted by atomic mass is 16.3. The summed E-state index contributed by atoms with van der Waals surface area (Å²) in [5.74, 6) is 2.57. The summed E-state index contributed by atoms with van der Waals surface area (Å²) in [5.41, 5.74) is 0.896. The first-order chi connectivity index (χ1) is 15.6. The van der Waals surface area contributed by atoms with Gasteiger partial charge in [0, 0.05) is 57.6 Å². The molecule has 3 aromatic rings. The average Bonchev–Trinajstić information content (AvgIpc) is 3.32. The molecule has 0 spiro atoms. The molecule has 168 valence electrons. The Morgan fingerprint density at radius 1 is 0.875 bits per heavy atom. The summed E-state index contributed by atoms with van der Waals surface area (Å²) in [6.45, 7) is 3.49. The fraction of sp³-hybridized carbons (Fsp3) is 0.304. The lowest BCUT2D eigenvalue weighted by Gasteiger charge is -2.12. The van der Waals surface area contributed by atoms with Gasteiger partial charge in [0.25, 0.3) is 0 Å². The molecule has 2 aromatic heterocycles. The van der Waals surface area contributed by atoms with Crippen LogP contribution in [-0.2, 0) is 16.0 Å². The van der Waals surface area contributed by atoms with Gasteiger partial charge in [0.2, 0.25) is 11.8 Å². The van der Waals surface area contributed by atoms with E-state index in [4.69, 9.17) is 4.42 Å². The number of hydrogen-bond acceptors (Lipinski definition) is 7. The van der Waals surface area contributed by atoms with E-state index < -0.39 is 0 Å². The number of rotatable bonds is 12. The van der Waals surface area contributed by atoms with Crippen molar-refractivity contribution in [2.45, 2.75) is 19.8 Å². The molecular weight excluding hydrogens is 408 g/mol. The van der Waals surface area contributed by atoms with Gasteiger partial charge in [0.05, 0.1) is 6.26 Å². The molecule has 0 aliphatic heterocycles. The van der Waals surface area contributed by atoms with E-state index in [0.717, 1.165) is 11.3 Å². The number of anilines is 2. The molecule has 2 heterocycles. The van der Waals surface area contributed by atoms with Crippen LogP contribution in [-0.4, -0.2) is 48.0 Å². The Bertz CT molecular complexity index is 992. The minimum atomic E-state index is -0.0759. The second kappa shape index (κ2) is 12.1. The van der Waals surface area contributed by atoms with E-state index in [2.05, 4.69) is 31.2 Å². The van der Waals surface area contributed by atoms with Crippen molar-refractivity contribution in [3.8, 4) is 11.4 Å². The van der Waals surface area contributed by atoms with E-state index in [1.165, 1.54) is 6.92 Å². The summed E-state index contributed by atoms with van der Waals surface area (Å²) in [5, 5.41) is 12.1. The molecule has 0 fully saturated rings. The lowest BCUT2D eigenvalue weighted by molar-refractivity contribution is -0.121. The van der Waals surface area contributed by atoms with Gasteiger partial charge in [-0.2, -0.15) is 0 Å². The van der Waals surface area contributed by atoms with Gasteiger partial charge >= 0.3 is 0 Å². The third-order valence-electron chi connectivity index (χ3n) is 4.50. The largest absolute Gasteiger partial charge is 0.469 e. The van der Waals surface area contributed by atoms with Crippen LogP contribution in [0.5, 0.6) is 0 Å². The molecule has 0 aliphatic rings. The van der Waals surface area contributed by atoms with E-state index >= 15 is 0 Å². The highest BCUT2D eigenvalue weighted by Gasteiger charge is 2.08. The molecule has 9 heteroatoms. The van der Waals surface area contributed by atoms with Gasteiger partial charge < -0.3 is 25.7 Å². The summed E-state index contributed by atoms with van der Waals surface area (Å²) in [7, 11) is 0. The zero-order valence-corrected chi connectivity index (χ0v) is 18.1. The topological polar surface area (TPSA) is 121 Å². The number of hydrogen-bond donors (Lipinski definition) is 4. The van der Waals surface area contributed by atoms with E-state index in [0.29, 0.717) is 56.5 Å². The van der Waals surface area contributed by atoms with Crippen molar-refractivity contribution < 1.29 is 14.0 Å². The van der Waals surface area contributed by atoms with Crippen molar-refractivity contribution >= 4 is 23.5 Å². The zero-order valence-electron chi connectivity index (χ0n) is 18.1. The number of aromatic nitrogens is 2. The average molecular weight is 437 g/mol. The standard InChI is InChI=1S/C23H28N6O3/c1-17(30)24-11-12-25-20-16-21(29-23(28-20)18-6-3-2-4-7-18)26-13-14-27-22(31)10-9-19-8-5-15-32-19/h2-8,15-16H,9-14H2,1H3,(H,24,30)(H,27,31)(H2,25,26,28,29). The molecule has 0 atom stereocenters. The first-order valence-corrected chi connectivity index (χ1v) is 10.6. The summed E-state index contributed by atoms with van der Waals surface area (Å²) in [6, 6.07) is 15.2. The van der Waals surface area contributed by atoms with Gasteiger partial charge in [-0.25, -0.2) is 9.97 Å². The quantitative estimate of drug-likeness (QED) is 0.322. The number of nitrogens with one attached hydrogen (secondary N) is 4. The fourth-order valence-corrected chi connectivity index (χ4v) is 2.95. The van der Waals surface area contributed by atoms with Crippen LogP contribution in [0.25, 0.3) is 11.4 Å². The molecule has 4 N–H and O–H groups in total. The Labute approximate surface area is 187 Å². The highest BCUT2D eigenvalue weighted by Crippen LogP contribution is 2.19. The minimum Gasteiger partial charge on any atom is -0.469 e. The number of amides is 2. The molecule has 1 aromatic carbocycles. The van der Waals surface area contributed by atoms with Crippen LogP contribution in [0, 0.1) is 0 Å². The number of benzene rings is 1. The number of furan rings is 1. The van der Waals surface area contributed by atoms with Gasteiger partial charge in [-0.05, 0) is 12.1 Å². The smallest absolute Gasteiger partial charge is 0.220 e. The molecule has 32 heavy (non-hydrogen) atoms. The first kappa shape index (κ1) is 22.8. The molecule has 0 saturated heterocycles. The van der Waals surface area contributed by atoms with Gasteiger partial charge in [-0.15, -0.1) is 0 Å². The number of aryl methyl sites for hydroxylation is 1. The Hall–Kier alpha value is -3.88. The van der Waals surface area contributed by atoms with Gasteiger partial charge in [0.15, 0.2) is 5.82 Å². The van der Waals surface area contributed by atoms with Crippen molar-refractivity contribution in [1.82, 2.24) is 20.6 Å². The van der Waals surface area contributed by atoms with Crippen LogP contribution >= 0.6 is 0 Å². The van der Waals surface area contributed by atoms with Crippen LogP contribution in [0.4, 0.5) is 11.6 Å². The van der Waals surface area contributed by atoms with Crippen molar-refractivity contribution in [2.24, 2.45) is 0 Å². The minimum absolute atomic E-state index is 0.0313. The third-order valence-corrected chi connectivity index (χ3v) is 4.50. The summed E-state index contributed by atoms with van der Waals surface area (Å²) in [4.78, 5) is 32.2. The van der Waals surface area contributed by atoms with Crippen LogP contribution in [0.15, 0.2) is 59.2 Å².